The Morgan fingerprint density at radius 3 is 2.48 bits per heavy atom. The van der Waals surface area contributed by atoms with Gasteiger partial charge in [-0.2, -0.15) is 10.1 Å². The molecule has 3 N–H and O–H groups in total. The minimum Gasteiger partial charge on any atom is -0.384 e. The number of aryl methyl sites for hydroxylation is 2. The van der Waals surface area contributed by atoms with Crippen LogP contribution in [0.3, 0.4) is 0 Å². The largest absolute Gasteiger partial charge is 0.384 e. The van der Waals surface area contributed by atoms with Gasteiger partial charge in [-0.3, -0.25) is 29.4 Å². The summed E-state index contributed by atoms with van der Waals surface area (Å²) in [4.78, 5) is 61.2. The molecule has 0 saturated carbocycles. The number of imide groups is 1. The van der Waals surface area contributed by atoms with E-state index in [0.717, 1.165) is 86.2 Å². The number of urea groups is 1. The average molecular weight is 866 g/mol. The van der Waals surface area contributed by atoms with Crippen molar-refractivity contribution < 1.29 is 14.7 Å². The molecular formula is C47H55N13O4. The smallest absolute Gasteiger partial charge is 0.329 e. The quantitative estimate of drug-likeness (QED) is 0.145. The molecule has 17 nitrogen and oxygen atoms in total. The van der Waals surface area contributed by atoms with Crippen molar-refractivity contribution in [1.29, 1.82) is 0 Å². The van der Waals surface area contributed by atoms with Crippen molar-refractivity contribution in [3.05, 3.63) is 95.1 Å². The van der Waals surface area contributed by atoms with E-state index >= 15 is 0 Å². The molecule has 7 heterocycles. The Bertz CT molecular complexity index is 2840. The highest BCUT2D eigenvalue weighted by molar-refractivity contribution is 6.09. The van der Waals surface area contributed by atoms with Crippen molar-refractivity contribution in [2.45, 2.75) is 70.1 Å². The highest BCUT2D eigenvalue weighted by atomic mass is 16.3. The first-order chi connectivity index (χ1) is 31.0. The molecule has 2 aromatic carbocycles. The van der Waals surface area contributed by atoms with E-state index in [1.807, 2.05) is 42.9 Å². The van der Waals surface area contributed by atoms with E-state index in [1.165, 1.54) is 5.69 Å². The van der Waals surface area contributed by atoms with Crippen LogP contribution in [0.5, 0.6) is 0 Å². The fraction of sp³-hybridized carbons (Fsp3) is 0.426. The molecule has 6 aromatic rings. The molecule has 64 heavy (non-hydrogen) atoms. The number of anilines is 5. The van der Waals surface area contributed by atoms with Gasteiger partial charge in [-0.05, 0) is 106 Å². The highest BCUT2D eigenvalue weighted by Gasteiger charge is 2.37. The van der Waals surface area contributed by atoms with Gasteiger partial charge in [-0.25, -0.2) is 24.1 Å². The molecule has 3 saturated heterocycles. The number of piperazine rings is 1. The zero-order valence-corrected chi connectivity index (χ0v) is 36.7. The minimum absolute atomic E-state index is 0.239. The molecule has 1 unspecified atom stereocenters. The van der Waals surface area contributed by atoms with Crippen LogP contribution in [0.15, 0.2) is 78.2 Å². The number of allylic oxidation sites excluding steroid dienone is 1. The monoisotopic (exact) mass is 865 g/mol. The molecule has 3 amide bonds. The summed E-state index contributed by atoms with van der Waals surface area (Å²) in [5.74, 6) is 1.82. The zero-order chi connectivity index (χ0) is 44.3. The van der Waals surface area contributed by atoms with Crippen molar-refractivity contribution in [3.8, 4) is 5.82 Å². The molecule has 3 aliphatic heterocycles. The van der Waals surface area contributed by atoms with Gasteiger partial charge in [0.1, 0.15) is 11.0 Å². The Balaban J connectivity index is 0.786. The van der Waals surface area contributed by atoms with Gasteiger partial charge in [0, 0.05) is 87.4 Å². The summed E-state index contributed by atoms with van der Waals surface area (Å²) in [5, 5.41) is 23.0. The Morgan fingerprint density at radius 1 is 0.922 bits per heavy atom. The number of nitrogens with zero attached hydrogens (tertiary/aromatic N) is 11. The Morgan fingerprint density at radius 2 is 1.72 bits per heavy atom. The topological polar surface area (TPSA) is 175 Å². The van der Waals surface area contributed by atoms with Crippen LogP contribution in [0.2, 0.25) is 0 Å². The maximum absolute atomic E-state index is 13.6. The molecule has 10 rings (SSSR count). The third kappa shape index (κ3) is 7.45. The Kier molecular flexibility index (Phi) is 10.7. The minimum atomic E-state index is -0.996. The van der Waals surface area contributed by atoms with E-state index in [2.05, 4.69) is 79.4 Å². The average Bonchev–Trinajstić information content (AvgIpc) is 3.92. The number of hydrogen-bond acceptors (Lipinski definition) is 12. The normalized spacial score (nSPS) is 20.9. The first kappa shape index (κ1) is 41.4. The molecular weight excluding hydrogens is 811 g/mol. The standard InChI is InChI=1S/C47H55N13O4/c1-5-20-59-44(62)37-28-48-45(52-42(37)60(59)39-14-7-31-15-19-47(64,6-2)41(31)50-39)49-32-8-10-33(11-9-32)57-25-24-54(3)35(29-57)26-30-16-21-56(22-17-30)34-12-13-36-38(27-34)55(4)53-43(36)58-23-18-40(61)51-46(58)63/h5,7-14,27-28,30,35,64H,1,6,15-26,29H2,2-4H3,(H,48,49,52)(H,51,61,63)/t35?,47-/m1/s1. The number of aromatic nitrogens is 7. The summed E-state index contributed by atoms with van der Waals surface area (Å²) >= 11 is 0. The molecule has 17 heteroatoms. The molecule has 4 aromatic heterocycles. The molecule has 0 radical (unpaired) electrons. The Labute approximate surface area is 371 Å². The summed E-state index contributed by atoms with van der Waals surface area (Å²) in [5.41, 5.74) is 4.99. The Hall–Kier alpha value is -6.59. The van der Waals surface area contributed by atoms with Crippen LogP contribution in [0.1, 0.15) is 56.7 Å². The van der Waals surface area contributed by atoms with Gasteiger partial charge < -0.3 is 20.2 Å². The molecule has 0 bridgehead atoms. The zero-order valence-electron chi connectivity index (χ0n) is 36.7. The van der Waals surface area contributed by atoms with Crippen molar-refractivity contribution in [2.75, 3.05) is 66.3 Å². The molecule has 332 valence electrons. The second-order valence-electron chi connectivity index (χ2n) is 17.8. The summed E-state index contributed by atoms with van der Waals surface area (Å²) in [6, 6.07) is 18.6. The summed E-state index contributed by atoms with van der Waals surface area (Å²) < 4.78 is 5.08. The lowest BCUT2D eigenvalue weighted by Crippen LogP contribution is -2.52. The predicted molar refractivity (Wildman–Crippen MR) is 248 cm³/mol. The molecule has 3 fully saturated rings. The lowest BCUT2D eigenvalue weighted by Gasteiger charge is -2.43. The van der Waals surface area contributed by atoms with Crippen LogP contribution in [-0.4, -0.2) is 108 Å². The fourth-order valence-electron chi connectivity index (χ4n) is 10.1. The van der Waals surface area contributed by atoms with Crippen LogP contribution in [0.25, 0.3) is 27.8 Å². The van der Waals surface area contributed by atoms with Gasteiger partial charge in [-0.15, -0.1) is 6.58 Å². The van der Waals surface area contributed by atoms with Gasteiger partial charge in [0.05, 0.1) is 17.8 Å². The lowest BCUT2D eigenvalue weighted by atomic mass is 9.88. The summed E-state index contributed by atoms with van der Waals surface area (Å²) in [7, 11) is 4.15. The van der Waals surface area contributed by atoms with Crippen LogP contribution < -0.4 is 30.9 Å². The van der Waals surface area contributed by atoms with E-state index in [0.29, 0.717) is 65.7 Å². The third-order valence-electron chi connectivity index (χ3n) is 14.0. The fourth-order valence-corrected chi connectivity index (χ4v) is 10.1. The van der Waals surface area contributed by atoms with E-state index in [1.54, 1.807) is 26.5 Å². The summed E-state index contributed by atoms with van der Waals surface area (Å²) in [6.07, 6.45) is 8.81. The van der Waals surface area contributed by atoms with E-state index in [-0.39, 0.29) is 24.4 Å². The second kappa shape index (κ2) is 16.5. The highest BCUT2D eigenvalue weighted by Crippen LogP contribution is 2.39. The number of pyridine rings is 1. The van der Waals surface area contributed by atoms with Crippen LogP contribution >= 0.6 is 0 Å². The lowest BCUT2D eigenvalue weighted by molar-refractivity contribution is -0.120. The number of nitrogens with one attached hydrogen (secondary N) is 2. The number of likely N-dealkylation sites (N-methyl/N-ethyl adjacent to an activating group) is 1. The number of amides is 3. The number of aliphatic hydroxyl groups is 1. The predicted octanol–water partition coefficient (Wildman–Crippen LogP) is 5.21. The second-order valence-corrected chi connectivity index (χ2v) is 17.8. The van der Waals surface area contributed by atoms with Crippen LogP contribution in [0, 0.1) is 5.92 Å². The number of carbonyl (C=O) groups excluding carboxylic acids is 2. The maximum Gasteiger partial charge on any atom is 0.329 e. The SMILES string of the molecule is C=CCn1c(=O)c2cnc(Nc3ccc(N4CCN(C)C(CC5CCN(c6ccc7c(N8CCC(=O)NC8=O)nn(C)c7c6)CC5)C4)cc3)nc2n1-c1ccc2c(n1)[C@@](O)(CC)CC2. The van der Waals surface area contributed by atoms with Crippen LogP contribution in [0.4, 0.5) is 33.6 Å². The van der Waals surface area contributed by atoms with Crippen molar-refractivity contribution >= 4 is 62.7 Å². The first-order valence-corrected chi connectivity index (χ1v) is 22.5. The number of carbonyl (C=O) groups is 2. The first-order valence-electron chi connectivity index (χ1n) is 22.5. The molecule has 4 aliphatic rings. The molecule has 1 aliphatic carbocycles. The van der Waals surface area contributed by atoms with E-state index in [4.69, 9.17) is 9.97 Å². The third-order valence-corrected chi connectivity index (χ3v) is 14.0. The van der Waals surface area contributed by atoms with Gasteiger partial charge in [0.2, 0.25) is 11.9 Å². The number of benzene rings is 2. The number of piperidine rings is 1. The maximum atomic E-state index is 13.6. The van der Waals surface area contributed by atoms with E-state index < -0.39 is 11.6 Å². The van der Waals surface area contributed by atoms with Gasteiger partial charge in [0.25, 0.3) is 5.56 Å². The summed E-state index contributed by atoms with van der Waals surface area (Å²) in [6.45, 7) is 11.3. The van der Waals surface area contributed by atoms with Gasteiger partial charge in [0.15, 0.2) is 17.3 Å². The van der Waals surface area contributed by atoms with Crippen molar-refractivity contribution in [1.82, 2.24) is 44.3 Å². The van der Waals surface area contributed by atoms with E-state index in [9.17, 15) is 19.5 Å². The number of rotatable bonds is 11. The molecule has 0 spiro atoms. The molecule has 2 atom stereocenters. The number of fused-ring (bicyclic) bond motifs is 3. The number of hydrogen-bond donors (Lipinski definition) is 3. The van der Waals surface area contributed by atoms with Gasteiger partial charge in [-0.1, -0.05) is 19.1 Å². The van der Waals surface area contributed by atoms with Gasteiger partial charge >= 0.3 is 6.03 Å². The van der Waals surface area contributed by atoms with Crippen molar-refractivity contribution in [3.63, 3.8) is 0 Å². The van der Waals surface area contributed by atoms with Crippen molar-refractivity contribution in [2.24, 2.45) is 13.0 Å². The van der Waals surface area contributed by atoms with Crippen LogP contribution in [-0.2, 0) is 30.4 Å².